The largest absolute Gasteiger partial charge is 0.497 e. The van der Waals surface area contributed by atoms with Crippen molar-refractivity contribution in [3.8, 4) is 17.2 Å². The average molecular weight is 372 g/mol. The van der Waals surface area contributed by atoms with Gasteiger partial charge in [-0.2, -0.15) is 0 Å². The number of hydrogen-bond acceptors (Lipinski definition) is 7. The maximum Gasteiger partial charge on any atom is 0.251 e. The summed E-state index contributed by atoms with van der Waals surface area (Å²) in [5.74, 6) is 2.00. The molecule has 2 saturated heterocycles. The van der Waals surface area contributed by atoms with Crippen LogP contribution in [0.2, 0.25) is 0 Å². The Hall–Kier alpha value is -2.45. The predicted octanol–water partition coefficient (Wildman–Crippen LogP) is 1.57. The smallest absolute Gasteiger partial charge is 0.251 e. The van der Waals surface area contributed by atoms with Crippen molar-refractivity contribution in [2.45, 2.75) is 25.5 Å². The molecule has 0 N–H and O–H groups in total. The van der Waals surface area contributed by atoms with Gasteiger partial charge in [0.25, 0.3) is 5.91 Å². The SMILES string of the molecule is COc1ccc(-c2nnc(CN3CCN(C(=O)C4CCCO4)CC3)o2)cc1. The lowest BCUT2D eigenvalue weighted by atomic mass is 10.2. The van der Waals surface area contributed by atoms with Crippen LogP contribution in [0, 0.1) is 0 Å². The van der Waals surface area contributed by atoms with E-state index in [4.69, 9.17) is 13.9 Å². The van der Waals surface area contributed by atoms with Gasteiger partial charge in [0.1, 0.15) is 11.9 Å². The second-order valence-corrected chi connectivity index (χ2v) is 6.83. The summed E-state index contributed by atoms with van der Waals surface area (Å²) >= 11 is 0. The Bertz CT molecular complexity index is 762. The second-order valence-electron chi connectivity index (χ2n) is 6.83. The molecule has 8 nitrogen and oxygen atoms in total. The molecule has 144 valence electrons. The molecule has 0 radical (unpaired) electrons. The molecule has 27 heavy (non-hydrogen) atoms. The van der Waals surface area contributed by atoms with Crippen LogP contribution in [0.4, 0.5) is 0 Å². The number of piperazine rings is 1. The van der Waals surface area contributed by atoms with E-state index in [2.05, 4.69) is 15.1 Å². The van der Waals surface area contributed by atoms with Gasteiger partial charge in [0.2, 0.25) is 11.8 Å². The monoisotopic (exact) mass is 372 g/mol. The summed E-state index contributed by atoms with van der Waals surface area (Å²) < 4.78 is 16.5. The van der Waals surface area contributed by atoms with Gasteiger partial charge >= 0.3 is 0 Å². The quantitative estimate of drug-likeness (QED) is 0.788. The van der Waals surface area contributed by atoms with E-state index in [0.717, 1.165) is 37.2 Å². The Morgan fingerprint density at radius 3 is 2.63 bits per heavy atom. The van der Waals surface area contributed by atoms with E-state index in [-0.39, 0.29) is 12.0 Å². The van der Waals surface area contributed by atoms with Crippen molar-refractivity contribution in [2.24, 2.45) is 0 Å². The van der Waals surface area contributed by atoms with E-state index in [0.29, 0.717) is 38.0 Å². The third kappa shape index (κ3) is 4.12. The molecule has 0 bridgehead atoms. The zero-order valence-corrected chi connectivity index (χ0v) is 15.5. The number of amides is 1. The molecule has 4 rings (SSSR count). The molecule has 0 saturated carbocycles. The number of carbonyl (C=O) groups is 1. The van der Waals surface area contributed by atoms with Crippen molar-refractivity contribution in [1.82, 2.24) is 20.0 Å². The number of aromatic nitrogens is 2. The van der Waals surface area contributed by atoms with Gasteiger partial charge in [-0.3, -0.25) is 9.69 Å². The second kappa shape index (κ2) is 8.06. The first-order valence-electron chi connectivity index (χ1n) is 9.32. The fourth-order valence-corrected chi connectivity index (χ4v) is 3.46. The molecule has 1 aromatic heterocycles. The van der Waals surface area contributed by atoms with Crippen LogP contribution in [0.1, 0.15) is 18.7 Å². The number of rotatable bonds is 5. The van der Waals surface area contributed by atoms with Gasteiger partial charge in [0.15, 0.2) is 0 Å². The van der Waals surface area contributed by atoms with E-state index in [9.17, 15) is 4.79 Å². The minimum Gasteiger partial charge on any atom is -0.497 e. The first-order valence-corrected chi connectivity index (χ1v) is 9.32. The Kier molecular flexibility index (Phi) is 5.35. The van der Waals surface area contributed by atoms with Crippen LogP contribution in [0.5, 0.6) is 5.75 Å². The van der Waals surface area contributed by atoms with Crippen molar-refractivity contribution in [3.05, 3.63) is 30.2 Å². The van der Waals surface area contributed by atoms with Crippen LogP contribution in [-0.4, -0.2) is 71.9 Å². The third-order valence-corrected chi connectivity index (χ3v) is 5.05. The molecule has 0 aliphatic carbocycles. The lowest BCUT2D eigenvalue weighted by molar-refractivity contribution is -0.142. The van der Waals surface area contributed by atoms with Crippen LogP contribution >= 0.6 is 0 Å². The van der Waals surface area contributed by atoms with Crippen LogP contribution in [-0.2, 0) is 16.1 Å². The molecular formula is C19H24N4O4. The molecule has 0 spiro atoms. The number of hydrogen-bond donors (Lipinski definition) is 0. The number of nitrogens with zero attached hydrogens (tertiary/aromatic N) is 4. The summed E-state index contributed by atoms with van der Waals surface area (Å²) in [6, 6.07) is 7.52. The van der Waals surface area contributed by atoms with Gasteiger partial charge in [-0.05, 0) is 37.1 Å². The van der Waals surface area contributed by atoms with Crippen molar-refractivity contribution in [2.75, 3.05) is 39.9 Å². The Morgan fingerprint density at radius 1 is 1.19 bits per heavy atom. The molecular weight excluding hydrogens is 348 g/mol. The van der Waals surface area contributed by atoms with Crippen molar-refractivity contribution < 1.29 is 18.7 Å². The predicted molar refractivity (Wildman–Crippen MR) is 97.1 cm³/mol. The summed E-state index contributed by atoms with van der Waals surface area (Å²) in [4.78, 5) is 16.5. The minimum atomic E-state index is -0.237. The molecule has 2 fully saturated rings. The topological polar surface area (TPSA) is 80.9 Å². The summed E-state index contributed by atoms with van der Waals surface area (Å²) in [6.45, 7) is 4.28. The van der Waals surface area contributed by atoms with Crippen LogP contribution < -0.4 is 4.74 Å². The van der Waals surface area contributed by atoms with Crippen molar-refractivity contribution in [3.63, 3.8) is 0 Å². The lowest BCUT2D eigenvalue weighted by Crippen LogP contribution is -2.51. The van der Waals surface area contributed by atoms with Crippen molar-refractivity contribution in [1.29, 1.82) is 0 Å². The highest BCUT2D eigenvalue weighted by Gasteiger charge is 2.30. The normalized spacial score (nSPS) is 20.8. The van der Waals surface area contributed by atoms with Gasteiger partial charge in [0, 0.05) is 38.3 Å². The summed E-state index contributed by atoms with van der Waals surface area (Å²) in [7, 11) is 1.63. The number of carbonyl (C=O) groups excluding carboxylic acids is 1. The van der Waals surface area contributed by atoms with Gasteiger partial charge < -0.3 is 18.8 Å². The third-order valence-electron chi connectivity index (χ3n) is 5.05. The molecule has 1 unspecified atom stereocenters. The molecule has 2 aromatic rings. The highest BCUT2D eigenvalue weighted by molar-refractivity contribution is 5.81. The minimum absolute atomic E-state index is 0.131. The van der Waals surface area contributed by atoms with Crippen LogP contribution in [0.15, 0.2) is 28.7 Å². The molecule has 2 aliphatic heterocycles. The molecule has 1 atom stereocenters. The van der Waals surface area contributed by atoms with E-state index < -0.39 is 0 Å². The maximum atomic E-state index is 12.4. The number of benzene rings is 1. The van der Waals surface area contributed by atoms with Crippen LogP contribution in [0.3, 0.4) is 0 Å². The molecule has 8 heteroatoms. The molecule has 3 heterocycles. The van der Waals surface area contributed by atoms with Gasteiger partial charge in [-0.25, -0.2) is 0 Å². The van der Waals surface area contributed by atoms with E-state index >= 15 is 0 Å². The molecule has 2 aliphatic rings. The Balaban J connectivity index is 1.30. The molecule has 1 amide bonds. The van der Waals surface area contributed by atoms with Gasteiger partial charge in [-0.15, -0.1) is 10.2 Å². The standard InChI is InChI=1S/C19H24N4O4/c1-25-15-6-4-14(5-7-15)18-21-20-17(27-18)13-22-8-10-23(11-9-22)19(24)16-3-2-12-26-16/h4-7,16H,2-3,8-13H2,1H3. The zero-order valence-electron chi connectivity index (χ0n) is 15.5. The fourth-order valence-electron chi connectivity index (χ4n) is 3.46. The average Bonchev–Trinajstić information content (AvgIpc) is 3.40. The number of methoxy groups -OCH3 is 1. The maximum absolute atomic E-state index is 12.4. The van der Waals surface area contributed by atoms with Gasteiger partial charge in [0.05, 0.1) is 13.7 Å². The van der Waals surface area contributed by atoms with Crippen LogP contribution in [0.25, 0.3) is 11.5 Å². The fraction of sp³-hybridized carbons (Fsp3) is 0.526. The summed E-state index contributed by atoms with van der Waals surface area (Å²) in [5, 5.41) is 8.29. The van der Waals surface area contributed by atoms with Gasteiger partial charge in [-0.1, -0.05) is 0 Å². The summed E-state index contributed by atoms with van der Waals surface area (Å²) in [5.41, 5.74) is 0.863. The lowest BCUT2D eigenvalue weighted by Gasteiger charge is -2.35. The highest BCUT2D eigenvalue weighted by Crippen LogP contribution is 2.22. The van der Waals surface area contributed by atoms with Crippen molar-refractivity contribution >= 4 is 5.91 Å². The first-order chi connectivity index (χ1) is 13.2. The summed E-state index contributed by atoms with van der Waals surface area (Å²) in [6.07, 6.45) is 1.58. The number of ether oxygens (including phenoxy) is 2. The Labute approximate surface area is 158 Å². The molecule has 1 aromatic carbocycles. The van der Waals surface area contributed by atoms with E-state index in [1.54, 1.807) is 7.11 Å². The van der Waals surface area contributed by atoms with E-state index in [1.165, 1.54) is 0 Å². The van der Waals surface area contributed by atoms with E-state index in [1.807, 2.05) is 29.2 Å². The zero-order chi connectivity index (χ0) is 18.6. The first kappa shape index (κ1) is 17.9. The highest BCUT2D eigenvalue weighted by atomic mass is 16.5. The Morgan fingerprint density at radius 2 is 1.96 bits per heavy atom.